The van der Waals surface area contributed by atoms with Gasteiger partial charge in [-0.1, -0.05) is 29.4 Å². The summed E-state index contributed by atoms with van der Waals surface area (Å²) < 4.78 is 35.4. The van der Waals surface area contributed by atoms with Crippen molar-refractivity contribution in [3.8, 4) is 28.3 Å². The van der Waals surface area contributed by atoms with Gasteiger partial charge >= 0.3 is 0 Å². The van der Waals surface area contributed by atoms with E-state index in [1.807, 2.05) is 0 Å². The summed E-state index contributed by atoms with van der Waals surface area (Å²) in [5, 5.41) is 8.18. The van der Waals surface area contributed by atoms with Gasteiger partial charge in [0.15, 0.2) is 11.3 Å². The van der Waals surface area contributed by atoms with E-state index in [1.165, 1.54) is 23.0 Å². The lowest BCUT2D eigenvalue weighted by molar-refractivity contribution is 0.108. The summed E-state index contributed by atoms with van der Waals surface area (Å²) in [5.74, 6) is -0.737. The average Bonchev–Trinajstić information content (AvgIpc) is 3.35. The van der Waals surface area contributed by atoms with Crippen LogP contribution in [0, 0.1) is 18.6 Å². The molecule has 2 heterocycles. The quantitative estimate of drug-likeness (QED) is 0.422. The molecular formula is C21H16F2N3O2P. The summed E-state index contributed by atoms with van der Waals surface area (Å²) in [5.41, 5.74) is 1.72. The van der Waals surface area contributed by atoms with Gasteiger partial charge in [-0.05, 0) is 45.9 Å². The van der Waals surface area contributed by atoms with E-state index in [9.17, 15) is 13.6 Å². The second-order valence-electron chi connectivity index (χ2n) is 6.37. The molecule has 0 aliphatic heterocycles. The highest BCUT2D eigenvalue weighted by molar-refractivity contribution is 7.58. The standard InChI is InChI=1S/C21H16F2N3O2P/c1-12-6-5-8-15(23)17(12)19-18(21(27)29-2)20(28-25-19)13-10-24-26(11-13)16-9-4-3-7-14(16)22/h3-11,29H,1-2H3. The number of hydrogen-bond acceptors (Lipinski definition) is 4. The Kier molecular flexibility index (Phi) is 5.07. The van der Waals surface area contributed by atoms with E-state index >= 15 is 0 Å². The molecule has 0 spiro atoms. The molecule has 0 saturated carbocycles. The number of para-hydroxylation sites is 1. The fourth-order valence-corrected chi connectivity index (χ4v) is 3.62. The van der Waals surface area contributed by atoms with E-state index in [1.54, 1.807) is 50.1 Å². The maximum Gasteiger partial charge on any atom is 0.187 e. The Morgan fingerprint density at radius 1 is 1.10 bits per heavy atom. The zero-order chi connectivity index (χ0) is 20.5. The van der Waals surface area contributed by atoms with Crippen LogP contribution in [0.25, 0.3) is 28.3 Å². The van der Waals surface area contributed by atoms with E-state index in [0.29, 0.717) is 11.1 Å². The van der Waals surface area contributed by atoms with Crippen molar-refractivity contribution in [3.05, 3.63) is 77.6 Å². The second kappa shape index (κ2) is 7.68. The van der Waals surface area contributed by atoms with Crippen LogP contribution in [-0.2, 0) is 0 Å². The zero-order valence-corrected chi connectivity index (χ0v) is 16.6. The predicted molar refractivity (Wildman–Crippen MR) is 108 cm³/mol. The first kappa shape index (κ1) is 19.2. The summed E-state index contributed by atoms with van der Waals surface area (Å²) in [6, 6.07) is 10.8. The maximum atomic E-state index is 14.5. The van der Waals surface area contributed by atoms with Gasteiger partial charge in [-0.2, -0.15) is 5.10 Å². The molecule has 4 rings (SSSR count). The summed E-state index contributed by atoms with van der Waals surface area (Å²) in [6.07, 6.45) is 3.01. The largest absolute Gasteiger partial charge is 0.355 e. The van der Waals surface area contributed by atoms with Gasteiger partial charge in [0, 0.05) is 11.8 Å². The molecule has 0 aliphatic rings. The summed E-state index contributed by atoms with van der Waals surface area (Å²) in [7, 11) is -0.0688. The van der Waals surface area contributed by atoms with Gasteiger partial charge in [0.2, 0.25) is 0 Å². The van der Waals surface area contributed by atoms with Gasteiger partial charge in [0.05, 0.1) is 17.3 Å². The lowest BCUT2D eigenvalue weighted by Crippen LogP contribution is -1.98. The van der Waals surface area contributed by atoms with Crippen LogP contribution in [0.1, 0.15) is 15.9 Å². The fourth-order valence-electron chi connectivity index (χ4n) is 3.13. The highest BCUT2D eigenvalue weighted by Crippen LogP contribution is 2.38. The molecule has 0 bridgehead atoms. The molecule has 0 amide bonds. The second-order valence-corrected chi connectivity index (χ2v) is 7.33. The van der Waals surface area contributed by atoms with Gasteiger partial charge in [-0.15, -0.1) is 0 Å². The van der Waals surface area contributed by atoms with Crippen LogP contribution in [-0.4, -0.2) is 27.1 Å². The highest BCUT2D eigenvalue weighted by Gasteiger charge is 2.27. The third-order valence-electron chi connectivity index (χ3n) is 4.55. The molecule has 2 aromatic heterocycles. The minimum absolute atomic E-state index is 0.0688. The Morgan fingerprint density at radius 2 is 1.86 bits per heavy atom. The average molecular weight is 411 g/mol. The summed E-state index contributed by atoms with van der Waals surface area (Å²) in [6.45, 7) is 3.48. The number of aromatic nitrogens is 3. The fraction of sp³-hybridized carbons (Fsp3) is 0.0952. The molecule has 1 atom stereocenters. The van der Waals surface area contributed by atoms with Crippen molar-refractivity contribution in [1.29, 1.82) is 0 Å². The molecule has 2 aromatic carbocycles. The predicted octanol–water partition coefficient (Wildman–Crippen LogP) is 5.23. The van der Waals surface area contributed by atoms with Crippen LogP contribution in [0.2, 0.25) is 0 Å². The normalized spacial score (nSPS) is 11.4. The van der Waals surface area contributed by atoms with Crippen LogP contribution in [0.4, 0.5) is 8.78 Å². The molecule has 8 heteroatoms. The number of benzene rings is 2. The summed E-state index contributed by atoms with van der Waals surface area (Å²) >= 11 is 0. The molecule has 0 aliphatic carbocycles. The highest BCUT2D eigenvalue weighted by atomic mass is 31.1. The van der Waals surface area contributed by atoms with Gasteiger partial charge in [0.25, 0.3) is 0 Å². The Bertz CT molecular complexity index is 1200. The van der Waals surface area contributed by atoms with Crippen molar-refractivity contribution in [2.75, 3.05) is 6.66 Å². The van der Waals surface area contributed by atoms with E-state index < -0.39 is 11.6 Å². The first-order valence-corrected chi connectivity index (χ1v) is 10.3. The van der Waals surface area contributed by atoms with E-state index in [2.05, 4.69) is 10.3 Å². The number of halogens is 2. The van der Waals surface area contributed by atoms with Crippen LogP contribution in [0.15, 0.2) is 59.4 Å². The monoisotopic (exact) mass is 411 g/mol. The molecule has 1 unspecified atom stereocenters. The minimum Gasteiger partial charge on any atom is -0.355 e. The van der Waals surface area contributed by atoms with Crippen molar-refractivity contribution in [2.45, 2.75) is 6.92 Å². The van der Waals surface area contributed by atoms with Gasteiger partial charge in [-0.25, -0.2) is 13.5 Å². The molecule has 0 fully saturated rings. The number of aryl methyl sites for hydroxylation is 1. The smallest absolute Gasteiger partial charge is 0.187 e. The molecule has 146 valence electrons. The SMILES string of the molecule is CPC(=O)c1c(-c2c(C)cccc2F)noc1-c1cnn(-c2ccccc2F)c1. The van der Waals surface area contributed by atoms with Crippen LogP contribution in [0.3, 0.4) is 0 Å². The first-order valence-electron chi connectivity index (χ1n) is 8.78. The van der Waals surface area contributed by atoms with Crippen LogP contribution < -0.4 is 0 Å². The zero-order valence-electron chi connectivity index (χ0n) is 15.6. The minimum atomic E-state index is -0.486. The Hall–Kier alpha value is -3.18. The topological polar surface area (TPSA) is 60.9 Å². The molecular weight excluding hydrogens is 395 g/mol. The Balaban J connectivity index is 1.87. The Labute approximate surface area is 167 Å². The number of rotatable bonds is 5. The van der Waals surface area contributed by atoms with Gasteiger partial charge in [-0.3, -0.25) is 4.79 Å². The van der Waals surface area contributed by atoms with Crippen molar-refractivity contribution < 1.29 is 18.1 Å². The molecule has 0 saturated heterocycles. The third-order valence-corrected chi connectivity index (χ3v) is 5.25. The molecule has 5 nitrogen and oxygen atoms in total. The maximum absolute atomic E-state index is 14.5. The Morgan fingerprint density at radius 3 is 2.59 bits per heavy atom. The third kappa shape index (κ3) is 3.38. The number of nitrogens with zero attached hydrogens (tertiary/aromatic N) is 3. The molecule has 0 radical (unpaired) electrons. The van der Waals surface area contributed by atoms with Gasteiger partial charge < -0.3 is 4.52 Å². The first-order chi connectivity index (χ1) is 14.0. The van der Waals surface area contributed by atoms with Crippen molar-refractivity contribution >= 4 is 14.1 Å². The van der Waals surface area contributed by atoms with Crippen molar-refractivity contribution in [3.63, 3.8) is 0 Å². The van der Waals surface area contributed by atoms with Gasteiger partial charge in [0.1, 0.15) is 23.0 Å². The lowest BCUT2D eigenvalue weighted by Gasteiger charge is -2.06. The lowest BCUT2D eigenvalue weighted by atomic mass is 10.00. The number of carbonyl (C=O) groups excluding carboxylic acids is 1. The summed E-state index contributed by atoms with van der Waals surface area (Å²) in [4.78, 5) is 12.7. The number of hydrogen-bond donors (Lipinski definition) is 0. The van der Waals surface area contributed by atoms with E-state index in [-0.39, 0.29) is 42.4 Å². The van der Waals surface area contributed by atoms with Crippen LogP contribution in [0.5, 0.6) is 0 Å². The molecule has 29 heavy (non-hydrogen) atoms. The van der Waals surface area contributed by atoms with Crippen molar-refractivity contribution in [1.82, 2.24) is 14.9 Å². The van der Waals surface area contributed by atoms with E-state index in [4.69, 9.17) is 4.52 Å². The molecule has 4 aromatic rings. The van der Waals surface area contributed by atoms with Crippen molar-refractivity contribution in [2.24, 2.45) is 0 Å². The van der Waals surface area contributed by atoms with E-state index in [0.717, 1.165) is 0 Å². The molecule has 0 N–H and O–H groups in total. The van der Waals surface area contributed by atoms with Crippen LogP contribution >= 0.6 is 8.58 Å². The number of carbonyl (C=O) groups is 1.